The summed E-state index contributed by atoms with van der Waals surface area (Å²) in [6, 6.07) is 12.6. The number of hydrogen-bond donors (Lipinski definition) is 0. The van der Waals surface area contributed by atoms with Crippen LogP contribution in [-0.4, -0.2) is 23.3 Å². The highest BCUT2D eigenvalue weighted by molar-refractivity contribution is 7.19. The number of benzene rings is 2. The van der Waals surface area contributed by atoms with Crippen LogP contribution >= 0.6 is 11.3 Å². The highest BCUT2D eigenvalue weighted by Gasteiger charge is 2.20. The molecule has 0 radical (unpaired) electrons. The third-order valence-corrected chi connectivity index (χ3v) is 6.62. The molecule has 4 nitrogen and oxygen atoms in total. The Labute approximate surface area is 185 Å². The number of halogens is 1. The summed E-state index contributed by atoms with van der Waals surface area (Å²) in [7, 11) is 1.63. The fourth-order valence-corrected chi connectivity index (χ4v) is 4.90. The van der Waals surface area contributed by atoms with Crippen molar-refractivity contribution in [3.63, 3.8) is 0 Å². The normalized spacial score (nSPS) is 11.4. The van der Waals surface area contributed by atoms with E-state index >= 15 is 0 Å². The van der Waals surface area contributed by atoms with Crippen LogP contribution in [0.1, 0.15) is 27.4 Å². The van der Waals surface area contributed by atoms with E-state index < -0.39 is 0 Å². The van der Waals surface area contributed by atoms with Gasteiger partial charge in [0.1, 0.15) is 16.5 Å². The third kappa shape index (κ3) is 4.18. The highest BCUT2D eigenvalue weighted by Crippen LogP contribution is 2.36. The van der Waals surface area contributed by atoms with E-state index in [0.29, 0.717) is 24.2 Å². The maximum atomic E-state index is 13.8. The van der Waals surface area contributed by atoms with E-state index in [0.717, 1.165) is 26.4 Å². The molecule has 6 heteroatoms. The summed E-state index contributed by atoms with van der Waals surface area (Å²) >= 11 is 1.54. The van der Waals surface area contributed by atoms with Crippen LogP contribution in [-0.2, 0) is 17.7 Å². The molecule has 0 unspecified atom stereocenters. The van der Waals surface area contributed by atoms with Crippen molar-refractivity contribution in [2.75, 3.05) is 13.7 Å². The quantitative estimate of drug-likeness (QED) is 0.405. The molecule has 2 heterocycles. The van der Waals surface area contributed by atoms with Crippen LogP contribution in [0, 0.1) is 26.6 Å². The van der Waals surface area contributed by atoms with Crippen molar-refractivity contribution >= 4 is 21.6 Å². The van der Waals surface area contributed by atoms with Gasteiger partial charge in [-0.3, -0.25) is 9.36 Å². The lowest BCUT2D eigenvalue weighted by Gasteiger charge is -2.13. The fraction of sp³-hybridized carbons (Fsp3) is 0.280. The van der Waals surface area contributed by atoms with E-state index in [9.17, 15) is 9.18 Å². The molecule has 0 atom stereocenters. The largest absolute Gasteiger partial charge is 0.384 e. The molecule has 0 aliphatic carbocycles. The van der Waals surface area contributed by atoms with Gasteiger partial charge in [-0.25, -0.2) is 9.37 Å². The van der Waals surface area contributed by atoms with Gasteiger partial charge in [0.15, 0.2) is 0 Å². The first-order valence-electron chi connectivity index (χ1n) is 10.2. The van der Waals surface area contributed by atoms with Gasteiger partial charge < -0.3 is 4.74 Å². The molecule has 0 N–H and O–H groups in total. The van der Waals surface area contributed by atoms with Gasteiger partial charge >= 0.3 is 0 Å². The number of rotatable bonds is 6. The molecule has 0 spiro atoms. The standard InChI is InChI=1S/C25H25FN2O2S/c1-15-8-9-19(12-16(15)2)22-17(3)31-24-23(22)25(29)28(21(27-24)10-11-30-4)14-18-6-5-7-20(26)13-18/h5-9,12-13H,10-11,14H2,1-4H3. The Kier molecular flexibility index (Phi) is 6.03. The first kappa shape index (κ1) is 21.4. The maximum Gasteiger partial charge on any atom is 0.263 e. The van der Waals surface area contributed by atoms with Crippen molar-refractivity contribution in [2.45, 2.75) is 33.7 Å². The molecule has 0 aliphatic heterocycles. The number of nitrogens with zero attached hydrogens (tertiary/aromatic N) is 2. The number of hydrogen-bond acceptors (Lipinski definition) is 4. The van der Waals surface area contributed by atoms with Gasteiger partial charge in [-0.15, -0.1) is 11.3 Å². The molecular formula is C25H25FN2O2S. The van der Waals surface area contributed by atoms with Gasteiger partial charge in [0, 0.05) is 24.0 Å². The van der Waals surface area contributed by atoms with Crippen LogP contribution in [0.25, 0.3) is 21.3 Å². The molecule has 160 valence electrons. The molecule has 4 rings (SSSR count). The Morgan fingerprint density at radius 2 is 1.90 bits per heavy atom. The van der Waals surface area contributed by atoms with Crippen molar-refractivity contribution in [3.05, 3.63) is 86.0 Å². The van der Waals surface area contributed by atoms with E-state index in [1.807, 2.05) is 13.0 Å². The molecule has 0 saturated heterocycles. The second-order valence-electron chi connectivity index (χ2n) is 7.80. The number of ether oxygens (including phenoxy) is 1. The van der Waals surface area contributed by atoms with Gasteiger partial charge in [0.05, 0.1) is 18.5 Å². The lowest BCUT2D eigenvalue weighted by Crippen LogP contribution is -2.26. The van der Waals surface area contributed by atoms with E-state index in [4.69, 9.17) is 9.72 Å². The SMILES string of the molecule is COCCc1nc2sc(C)c(-c3ccc(C)c(C)c3)c2c(=O)n1Cc1cccc(F)c1. The summed E-state index contributed by atoms with van der Waals surface area (Å²) in [5.41, 5.74) is 4.98. The molecule has 0 bridgehead atoms. The Bertz CT molecular complexity index is 1320. The van der Waals surface area contributed by atoms with E-state index in [2.05, 4.69) is 32.0 Å². The van der Waals surface area contributed by atoms with Gasteiger partial charge in [-0.05, 0) is 55.2 Å². The highest BCUT2D eigenvalue weighted by atomic mass is 32.1. The number of methoxy groups -OCH3 is 1. The van der Waals surface area contributed by atoms with Crippen LogP contribution in [0.3, 0.4) is 0 Å². The fourth-order valence-electron chi connectivity index (χ4n) is 3.85. The average molecular weight is 437 g/mol. The Morgan fingerprint density at radius 3 is 2.61 bits per heavy atom. The van der Waals surface area contributed by atoms with E-state index in [1.165, 1.54) is 34.6 Å². The minimum absolute atomic E-state index is 0.0991. The Morgan fingerprint density at radius 1 is 1.10 bits per heavy atom. The molecular weight excluding hydrogens is 411 g/mol. The minimum Gasteiger partial charge on any atom is -0.384 e. The van der Waals surface area contributed by atoms with Gasteiger partial charge in [0.25, 0.3) is 5.56 Å². The predicted octanol–water partition coefficient (Wildman–Crippen LogP) is 5.43. The lowest BCUT2D eigenvalue weighted by atomic mass is 9.99. The number of aryl methyl sites for hydroxylation is 3. The van der Waals surface area contributed by atoms with E-state index in [1.54, 1.807) is 17.7 Å². The number of aromatic nitrogens is 2. The van der Waals surface area contributed by atoms with E-state index in [-0.39, 0.29) is 17.9 Å². The molecule has 0 amide bonds. The minimum atomic E-state index is -0.319. The molecule has 0 fully saturated rings. The Hall–Kier alpha value is -2.83. The maximum absolute atomic E-state index is 13.8. The Balaban J connectivity index is 1.95. The zero-order chi connectivity index (χ0) is 22.1. The summed E-state index contributed by atoms with van der Waals surface area (Å²) in [4.78, 5) is 20.4. The summed E-state index contributed by atoms with van der Waals surface area (Å²) < 4.78 is 20.7. The summed E-state index contributed by atoms with van der Waals surface area (Å²) in [6.07, 6.45) is 0.507. The predicted molar refractivity (Wildman–Crippen MR) is 125 cm³/mol. The third-order valence-electron chi connectivity index (χ3n) is 5.62. The number of thiophene rings is 1. The van der Waals surface area contributed by atoms with Crippen molar-refractivity contribution in [2.24, 2.45) is 0 Å². The number of fused-ring (bicyclic) bond motifs is 1. The zero-order valence-electron chi connectivity index (χ0n) is 18.2. The second-order valence-corrected chi connectivity index (χ2v) is 9.01. The van der Waals surface area contributed by atoms with Gasteiger partial charge in [-0.1, -0.05) is 30.3 Å². The van der Waals surface area contributed by atoms with Crippen LogP contribution in [0.15, 0.2) is 47.3 Å². The van der Waals surface area contributed by atoms with Crippen molar-refractivity contribution in [1.29, 1.82) is 0 Å². The zero-order valence-corrected chi connectivity index (χ0v) is 19.0. The molecule has 2 aromatic heterocycles. The smallest absolute Gasteiger partial charge is 0.263 e. The van der Waals surface area contributed by atoms with Crippen molar-refractivity contribution in [1.82, 2.24) is 9.55 Å². The summed E-state index contributed by atoms with van der Waals surface area (Å²) in [6.45, 7) is 6.90. The van der Waals surface area contributed by atoms with Crippen molar-refractivity contribution in [3.8, 4) is 11.1 Å². The van der Waals surface area contributed by atoms with Gasteiger partial charge in [-0.2, -0.15) is 0 Å². The second kappa shape index (κ2) is 8.73. The van der Waals surface area contributed by atoms with Crippen LogP contribution in [0.2, 0.25) is 0 Å². The van der Waals surface area contributed by atoms with Crippen molar-refractivity contribution < 1.29 is 9.13 Å². The van der Waals surface area contributed by atoms with Crippen LogP contribution < -0.4 is 5.56 Å². The topological polar surface area (TPSA) is 44.1 Å². The monoisotopic (exact) mass is 436 g/mol. The molecule has 31 heavy (non-hydrogen) atoms. The molecule has 0 saturated carbocycles. The summed E-state index contributed by atoms with van der Waals surface area (Å²) in [5.74, 6) is 0.330. The molecule has 0 aliphatic rings. The summed E-state index contributed by atoms with van der Waals surface area (Å²) in [5, 5.41) is 0.628. The first-order chi connectivity index (χ1) is 14.9. The first-order valence-corrected chi connectivity index (χ1v) is 11.0. The molecule has 2 aromatic carbocycles. The van der Waals surface area contributed by atoms with Crippen LogP contribution in [0.4, 0.5) is 4.39 Å². The average Bonchev–Trinajstić information content (AvgIpc) is 3.07. The van der Waals surface area contributed by atoms with Gasteiger partial charge in [0.2, 0.25) is 0 Å². The molecule has 4 aromatic rings. The lowest BCUT2D eigenvalue weighted by molar-refractivity contribution is 0.199. The van der Waals surface area contributed by atoms with Crippen LogP contribution in [0.5, 0.6) is 0 Å².